The van der Waals surface area contributed by atoms with Crippen molar-refractivity contribution in [2.45, 2.75) is 18.9 Å². The molecule has 1 aromatic heterocycles. The van der Waals surface area contributed by atoms with Gasteiger partial charge in [0.1, 0.15) is 0 Å². The summed E-state index contributed by atoms with van der Waals surface area (Å²) in [5.74, 6) is 1.02. The summed E-state index contributed by atoms with van der Waals surface area (Å²) in [6.07, 6.45) is 3.31. The molecule has 1 saturated heterocycles. The summed E-state index contributed by atoms with van der Waals surface area (Å²) in [5.41, 5.74) is 2.19. The first kappa shape index (κ1) is 18.2. The monoisotopic (exact) mass is 372 g/mol. The molecule has 142 valence electrons. The SMILES string of the molecule is O=C(NC(c1ccccc1)c1ccccc1)C1CCN(c2cccnn2)CC1. The van der Waals surface area contributed by atoms with Crippen LogP contribution in [-0.4, -0.2) is 29.2 Å². The van der Waals surface area contributed by atoms with Crippen molar-refractivity contribution in [3.8, 4) is 0 Å². The second kappa shape index (κ2) is 8.65. The van der Waals surface area contributed by atoms with Gasteiger partial charge in [0.25, 0.3) is 0 Å². The van der Waals surface area contributed by atoms with Gasteiger partial charge in [-0.3, -0.25) is 4.79 Å². The van der Waals surface area contributed by atoms with Crippen molar-refractivity contribution in [2.75, 3.05) is 18.0 Å². The van der Waals surface area contributed by atoms with E-state index in [0.29, 0.717) is 0 Å². The molecule has 5 heteroatoms. The highest BCUT2D eigenvalue weighted by molar-refractivity contribution is 5.80. The number of anilines is 1. The Morgan fingerprint density at radius 2 is 1.50 bits per heavy atom. The Bertz CT molecular complexity index is 839. The molecule has 0 bridgehead atoms. The summed E-state index contributed by atoms with van der Waals surface area (Å²) in [6, 6.07) is 24.0. The smallest absolute Gasteiger partial charge is 0.223 e. The minimum absolute atomic E-state index is 0.0165. The molecule has 1 amide bonds. The molecular formula is C23H24N4O. The average molecular weight is 372 g/mol. The highest BCUT2D eigenvalue weighted by Gasteiger charge is 2.28. The highest BCUT2D eigenvalue weighted by Crippen LogP contribution is 2.25. The predicted octanol–water partition coefficient (Wildman–Crippen LogP) is 3.60. The van der Waals surface area contributed by atoms with Crippen molar-refractivity contribution in [1.82, 2.24) is 15.5 Å². The molecule has 4 rings (SSSR count). The first-order valence-corrected chi connectivity index (χ1v) is 9.74. The maximum Gasteiger partial charge on any atom is 0.223 e. The molecule has 0 radical (unpaired) electrons. The quantitative estimate of drug-likeness (QED) is 0.743. The predicted molar refractivity (Wildman–Crippen MR) is 110 cm³/mol. The summed E-state index contributed by atoms with van der Waals surface area (Å²) in [7, 11) is 0. The van der Waals surface area contributed by atoms with Crippen molar-refractivity contribution < 1.29 is 4.79 Å². The lowest BCUT2D eigenvalue weighted by atomic mass is 9.93. The van der Waals surface area contributed by atoms with Gasteiger partial charge >= 0.3 is 0 Å². The van der Waals surface area contributed by atoms with Gasteiger partial charge in [0.05, 0.1) is 6.04 Å². The minimum Gasteiger partial charge on any atom is -0.355 e. The van der Waals surface area contributed by atoms with E-state index in [1.807, 2.05) is 48.5 Å². The van der Waals surface area contributed by atoms with Gasteiger partial charge in [-0.15, -0.1) is 5.10 Å². The second-order valence-corrected chi connectivity index (χ2v) is 7.11. The third kappa shape index (κ3) is 4.19. The van der Waals surface area contributed by atoms with Crippen LogP contribution >= 0.6 is 0 Å². The number of nitrogens with zero attached hydrogens (tertiary/aromatic N) is 3. The molecule has 1 N–H and O–H groups in total. The molecule has 0 atom stereocenters. The first-order chi connectivity index (χ1) is 13.8. The maximum atomic E-state index is 13.0. The molecule has 0 saturated carbocycles. The maximum absolute atomic E-state index is 13.0. The summed E-state index contributed by atoms with van der Waals surface area (Å²) < 4.78 is 0. The minimum atomic E-state index is -0.132. The highest BCUT2D eigenvalue weighted by atomic mass is 16.1. The van der Waals surface area contributed by atoms with E-state index in [9.17, 15) is 4.79 Å². The standard InChI is InChI=1S/C23H24N4O/c28-23(20-13-16-27(17-14-20)21-12-7-15-24-26-21)25-22(18-8-3-1-4-9-18)19-10-5-2-6-11-19/h1-12,15,20,22H,13-14,16-17H2,(H,25,28). The number of hydrogen-bond donors (Lipinski definition) is 1. The van der Waals surface area contributed by atoms with Crippen LogP contribution in [0.3, 0.4) is 0 Å². The Balaban J connectivity index is 1.44. The zero-order valence-corrected chi connectivity index (χ0v) is 15.7. The average Bonchev–Trinajstić information content (AvgIpc) is 2.79. The van der Waals surface area contributed by atoms with E-state index in [-0.39, 0.29) is 17.9 Å². The molecule has 0 aliphatic carbocycles. The van der Waals surface area contributed by atoms with Gasteiger partial charge < -0.3 is 10.2 Å². The van der Waals surface area contributed by atoms with Crippen LogP contribution in [0.4, 0.5) is 5.82 Å². The van der Waals surface area contributed by atoms with Gasteiger partial charge in [0.15, 0.2) is 5.82 Å². The number of amides is 1. The van der Waals surface area contributed by atoms with Gasteiger partial charge in [0, 0.05) is 25.2 Å². The zero-order valence-electron chi connectivity index (χ0n) is 15.7. The normalized spacial score (nSPS) is 14.8. The van der Waals surface area contributed by atoms with Crippen molar-refractivity contribution in [2.24, 2.45) is 5.92 Å². The Labute approximate surface area is 165 Å². The fraction of sp³-hybridized carbons (Fsp3) is 0.261. The summed E-state index contributed by atoms with van der Waals surface area (Å²) >= 11 is 0. The lowest BCUT2D eigenvalue weighted by Crippen LogP contribution is -2.42. The number of aromatic nitrogens is 2. The number of carbonyl (C=O) groups is 1. The Morgan fingerprint density at radius 1 is 0.893 bits per heavy atom. The molecule has 3 aromatic rings. The van der Waals surface area contributed by atoms with Crippen LogP contribution in [0.2, 0.25) is 0 Å². The number of benzene rings is 2. The second-order valence-electron chi connectivity index (χ2n) is 7.11. The van der Waals surface area contributed by atoms with E-state index in [4.69, 9.17) is 0 Å². The van der Waals surface area contributed by atoms with E-state index in [0.717, 1.165) is 42.9 Å². The van der Waals surface area contributed by atoms with Crippen LogP contribution in [0.5, 0.6) is 0 Å². The Hall–Kier alpha value is -3.21. The number of rotatable bonds is 5. The van der Waals surface area contributed by atoms with Crippen LogP contribution in [0.25, 0.3) is 0 Å². The van der Waals surface area contributed by atoms with Gasteiger partial charge in [-0.25, -0.2) is 0 Å². The van der Waals surface area contributed by atoms with Crippen molar-refractivity contribution >= 4 is 11.7 Å². The van der Waals surface area contributed by atoms with Crippen molar-refractivity contribution in [3.05, 3.63) is 90.1 Å². The van der Waals surface area contributed by atoms with Crippen LogP contribution in [0.15, 0.2) is 79.0 Å². The topological polar surface area (TPSA) is 58.1 Å². The van der Waals surface area contributed by atoms with Crippen molar-refractivity contribution in [1.29, 1.82) is 0 Å². The fourth-order valence-electron chi connectivity index (χ4n) is 3.74. The first-order valence-electron chi connectivity index (χ1n) is 9.74. The molecule has 5 nitrogen and oxygen atoms in total. The van der Waals surface area contributed by atoms with Crippen LogP contribution < -0.4 is 10.2 Å². The molecule has 2 aromatic carbocycles. The summed E-state index contributed by atoms with van der Waals surface area (Å²) in [4.78, 5) is 15.2. The van der Waals surface area contributed by atoms with E-state index in [1.165, 1.54) is 0 Å². The number of nitrogens with one attached hydrogen (secondary N) is 1. The molecule has 0 unspecified atom stereocenters. The molecule has 28 heavy (non-hydrogen) atoms. The number of piperidine rings is 1. The zero-order chi connectivity index (χ0) is 19.2. The third-order valence-electron chi connectivity index (χ3n) is 5.30. The van der Waals surface area contributed by atoms with Crippen LogP contribution in [0, 0.1) is 5.92 Å². The molecular weight excluding hydrogens is 348 g/mol. The largest absolute Gasteiger partial charge is 0.355 e. The number of hydrogen-bond acceptors (Lipinski definition) is 4. The lowest BCUT2D eigenvalue weighted by molar-refractivity contribution is -0.126. The molecule has 1 aliphatic heterocycles. The van der Waals surface area contributed by atoms with Gasteiger partial charge in [-0.2, -0.15) is 5.10 Å². The van der Waals surface area contributed by atoms with E-state index < -0.39 is 0 Å². The summed E-state index contributed by atoms with van der Waals surface area (Å²) in [5, 5.41) is 11.4. The molecule has 1 fully saturated rings. The van der Waals surface area contributed by atoms with Crippen molar-refractivity contribution in [3.63, 3.8) is 0 Å². The van der Waals surface area contributed by atoms with Crippen LogP contribution in [-0.2, 0) is 4.79 Å². The van der Waals surface area contributed by atoms with Crippen LogP contribution in [0.1, 0.15) is 30.0 Å². The Morgan fingerprint density at radius 3 is 2.04 bits per heavy atom. The molecule has 1 aliphatic rings. The van der Waals surface area contributed by atoms with Gasteiger partial charge in [-0.1, -0.05) is 60.7 Å². The van der Waals surface area contributed by atoms with Gasteiger partial charge in [0.2, 0.25) is 5.91 Å². The van der Waals surface area contributed by atoms with E-state index in [2.05, 4.69) is 44.7 Å². The Kier molecular flexibility index (Phi) is 5.61. The van der Waals surface area contributed by atoms with E-state index in [1.54, 1.807) is 6.20 Å². The summed E-state index contributed by atoms with van der Waals surface area (Å²) in [6.45, 7) is 1.64. The lowest BCUT2D eigenvalue weighted by Gasteiger charge is -2.32. The number of carbonyl (C=O) groups excluding carboxylic acids is 1. The van der Waals surface area contributed by atoms with E-state index >= 15 is 0 Å². The fourth-order valence-corrected chi connectivity index (χ4v) is 3.74. The molecule has 0 spiro atoms. The third-order valence-corrected chi connectivity index (χ3v) is 5.30. The molecule has 2 heterocycles. The van der Waals surface area contributed by atoms with Gasteiger partial charge in [-0.05, 0) is 36.1 Å².